The Kier molecular flexibility index (Phi) is 51.9. The first-order chi connectivity index (χ1) is 11.4. The molecule has 0 aromatic heterocycles. The first kappa shape index (κ1) is 66.1. The molecule has 0 rings (SSSR count). The summed E-state index contributed by atoms with van der Waals surface area (Å²) in [6.45, 7) is 0. The fourth-order valence-corrected chi connectivity index (χ4v) is 0.742. The molecule has 0 radical (unpaired) electrons. The van der Waals surface area contributed by atoms with Crippen LogP contribution in [-0.4, -0.2) is 12.7 Å². The molecule has 0 heterocycles. The molecule has 34 heavy (non-hydrogen) atoms. The average molecular weight is 572 g/mol. The van der Waals surface area contributed by atoms with Gasteiger partial charge in [0.15, 0.2) is 0 Å². The molecule has 0 saturated carbocycles. The van der Waals surface area contributed by atoms with Crippen LogP contribution in [0.2, 0.25) is 0 Å². The van der Waals surface area contributed by atoms with Gasteiger partial charge in [-0.15, -0.1) is 26.3 Å². The predicted octanol–water partition coefficient (Wildman–Crippen LogP) is -18.5. The molecule has 0 bridgehead atoms. The summed E-state index contributed by atoms with van der Waals surface area (Å²) >= 11 is 0. The molecule has 2 atom stereocenters. The molecule has 2 unspecified atom stereocenters. The van der Waals surface area contributed by atoms with E-state index in [-0.39, 0.29) is 113 Å². The largest absolute Gasteiger partial charge is 1.00 e. The molecule has 176 valence electrons. The van der Waals surface area contributed by atoms with Crippen molar-refractivity contribution in [1.29, 1.82) is 0 Å². The summed E-state index contributed by atoms with van der Waals surface area (Å²) in [4.78, 5) is 51.9. The maximum atomic E-state index is 10.9. The van der Waals surface area contributed by atoms with Crippen molar-refractivity contribution in [3.05, 3.63) is 0 Å². The minimum absolute atomic E-state index is 0. The summed E-state index contributed by atoms with van der Waals surface area (Å²) in [5.41, 5.74) is 0. The molecule has 0 saturated heterocycles. The van der Waals surface area contributed by atoms with Crippen molar-refractivity contribution in [2.24, 2.45) is 0 Å². The van der Waals surface area contributed by atoms with E-state index in [1.54, 1.807) is 0 Å². The van der Waals surface area contributed by atoms with Crippen LogP contribution in [0.5, 0.6) is 0 Å². The van der Waals surface area contributed by atoms with Crippen molar-refractivity contribution in [2.45, 2.75) is 12.7 Å². The zero-order valence-electron chi connectivity index (χ0n) is 17.5. The normalized spacial score (nSPS) is 13.6. The van der Waals surface area contributed by atoms with E-state index in [1.165, 1.54) is 0 Å². The fraction of sp³-hybridized carbons (Fsp3) is 1.00. The second kappa shape index (κ2) is 26.7. The first-order valence-corrected chi connectivity index (χ1v) is 10.1. The zero-order chi connectivity index (χ0) is 24.4. The van der Waals surface area contributed by atoms with Crippen molar-refractivity contribution in [3.63, 3.8) is 0 Å². The summed E-state index contributed by atoms with van der Waals surface area (Å²) in [5, 5.41) is 0. The molecule has 0 aromatic rings. The molecular formula is C2F10Li6O12P4. The maximum Gasteiger partial charge on any atom is 1.00 e. The second-order valence-corrected chi connectivity index (χ2v) is 6.61. The minimum atomic E-state index is -6.16. The van der Waals surface area contributed by atoms with Crippen molar-refractivity contribution >= 4 is 31.6 Å². The fourth-order valence-electron chi connectivity index (χ4n) is 0.247. The van der Waals surface area contributed by atoms with Gasteiger partial charge in [0.2, 0.25) is 0 Å². The number of hydrogen-bond donors (Lipinski definition) is 0. The molecule has 0 amide bonds. The second-order valence-electron chi connectivity index (χ2n) is 2.80. The number of halogens is 10. The third-order valence-electron chi connectivity index (χ3n) is 0.425. The van der Waals surface area contributed by atoms with Gasteiger partial charge < -0.3 is 38.5 Å². The van der Waals surface area contributed by atoms with Gasteiger partial charge in [0, 0.05) is 0 Å². The van der Waals surface area contributed by atoms with E-state index in [4.69, 9.17) is 47.6 Å². The monoisotopic (exact) mass is 572 g/mol. The average Bonchev–Trinajstić information content (AvgIpc) is 1.95. The van der Waals surface area contributed by atoms with Crippen LogP contribution >= 0.6 is 31.6 Å². The quantitative estimate of drug-likeness (QED) is 0.171. The van der Waals surface area contributed by atoms with Crippen LogP contribution in [0.15, 0.2) is 0 Å². The summed E-state index contributed by atoms with van der Waals surface area (Å²) in [6, 6.07) is 0. The summed E-state index contributed by atoms with van der Waals surface area (Å²) in [7, 11) is -23.6. The van der Waals surface area contributed by atoms with Gasteiger partial charge in [0.1, 0.15) is 15.8 Å². The van der Waals surface area contributed by atoms with Crippen LogP contribution < -0.4 is 143 Å². The molecule has 0 fully saturated rings. The summed E-state index contributed by atoms with van der Waals surface area (Å²) in [6.07, 6.45) is -10.9. The number of hydrogen-bond acceptors (Lipinski definition) is 12. The molecule has 0 spiro atoms. The Hall–Kier alpha value is 3.48. The molecule has 0 N–H and O–H groups in total. The molecule has 0 aromatic carbocycles. The Morgan fingerprint density at radius 3 is 0.529 bits per heavy atom. The van der Waals surface area contributed by atoms with Gasteiger partial charge in [-0.3, -0.25) is 9.13 Å². The van der Waals surface area contributed by atoms with E-state index in [0.29, 0.717) is 0 Å². The predicted molar refractivity (Wildman–Crippen MR) is 49.1 cm³/mol. The van der Waals surface area contributed by atoms with Crippen LogP contribution in [-0.2, 0) is 27.3 Å². The van der Waals surface area contributed by atoms with E-state index >= 15 is 0 Å². The minimum Gasteiger partial charge on any atom is -0.786 e. The van der Waals surface area contributed by atoms with E-state index in [9.17, 15) is 43.1 Å². The number of rotatable bonds is 2. The molecule has 12 nitrogen and oxygen atoms in total. The van der Waals surface area contributed by atoms with Crippen LogP contribution in [0.1, 0.15) is 0 Å². The van der Waals surface area contributed by atoms with Crippen molar-refractivity contribution < 1.29 is 213 Å². The first-order valence-electron chi connectivity index (χ1n) is 4.41. The topological polar surface area (TPSA) is 225 Å². The third kappa shape index (κ3) is 176. The van der Waals surface area contributed by atoms with E-state index in [1.807, 2.05) is 9.05 Å². The van der Waals surface area contributed by atoms with E-state index in [0.717, 1.165) is 0 Å². The zero-order valence-corrected chi connectivity index (χ0v) is 21.0. The Labute approximate surface area is 255 Å². The SMILES string of the molecule is O=P([O-])(F)OC(F)(F)F.O=P([O-])(F)OC(F)(F)F.O=P([O-])([O-])F.O=P([O-])([O-])F.[Li+].[Li+].[Li+].[Li+].[Li+].[Li+]. The van der Waals surface area contributed by atoms with Gasteiger partial charge in [-0.1, -0.05) is 0 Å². The van der Waals surface area contributed by atoms with Crippen LogP contribution in [0.3, 0.4) is 0 Å². The Morgan fingerprint density at radius 2 is 0.529 bits per heavy atom. The Morgan fingerprint density at radius 1 is 0.441 bits per heavy atom. The number of alkyl halides is 6. The third-order valence-corrected chi connectivity index (χ3v) is 1.28. The standard InChI is InChI=1S/2CHF4O3P.2FH2O3P.6Li/c2*2-1(3,4)8-9(5,6)7;2*1-5(2,3)4;;;;;;/h2*(H,6,7);2*(H2,2,3,4);;;;;;/q;;;;6*+1/p-6. The van der Waals surface area contributed by atoms with E-state index in [2.05, 4.69) is 0 Å². The van der Waals surface area contributed by atoms with Gasteiger partial charge in [0.25, 0.3) is 0 Å². The molecule has 32 heteroatoms. The molecule has 0 aliphatic rings. The van der Waals surface area contributed by atoms with E-state index < -0.39 is 44.4 Å². The van der Waals surface area contributed by atoms with Crippen LogP contribution in [0, 0.1) is 0 Å². The Bertz CT molecular complexity index is 555. The molecule has 0 aliphatic heterocycles. The van der Waals surface area contributed by atoms with Crippen molar-refractivity contribution in [1.82, 2.24) is 0 Å². The van der Waals surface area contributed by atoms with Crippen LogP contribution in [0.4, 0.5) is 43.1 Å². The maximum absolute atomic E-state index is 10.9. The summed E-state index contributed by atoms with van der Waals surface area (Å²) < 4.78 is 145. The van der Waals surface area contributed by atoms with Gasteiger partial charge in [-0.2, -0.15) is 8.39 Å². The summed E-state index contributed by atoms with van der Waals surface area (Å²) in [5.74, 6) is 0. The van der Waals surface area contributed by atoms with Gasteiger partial charge in [-0.05, 0) is 0 Å². The smallest absolute Gasteiger partial charge is 0.786 e. The van der Waals surface area contributed by atoms with Crippen molar-refractivity contribution in [3.8, 4) is 0 Å². The van der Waals surface area contributed by atoms with Gasteiger partial charge in [-0.25, -0.2) is 17.4 Å². The molecule has 0 aliphatic carbocycles. The van der Waals surface area contributed by atoms with Crippen LogP contribution in [0.25, 0.3) is 0 Å². The van der Waals surface area contributed by atoms with Gasteiger partial charge in [0.05, 0.1) is 0 Å². The van der Waals surface area contributed by atoms with Crippen molar-refractivity contribution in [2.75, 3.05) is 0 Å². The molecular weight excluding hydrogens is 572 g/mol. The van der Waals surface area contributed by atoms with Gasteiger partial charge >= 0.3 is 142 Å². The Balaban J connectivity index is -0.0000000275.